The van der Waals surface area contributed by atoms with E-state index in [-0.39, 0.29) is 38.7 Å². The van der Waals surface area contributed by atoms with Crippen LogP contribution in [-0.2, 0) is 9.59 Å². The molecule has 0 aromatic heterocycles. The largest absolute Gasteiger partial charge is 0.504 e. The van der Waals surface area contributed by atoms with Crippen LogP contribution in [0.25, 0.3) is 0 Å². The van der Waals surface area contributed by atoms with Crippen LogP contribution >= 0.6 is 0 Å². The smallest absolute Gasteiger partial charge is 0.235 e. The number of aliphatic imine (C=N–C) groups is 1. The zero-order valence-corrected chi connectivity index (χ0v) is 21.1. The van der Waals surface area contributed by atoms with E-state index in [1.165, 1.54) is 5.57 Å². The van der Waals surface area contributed by atoms with Crippen molar-refractivity contribution in [1.29, 1.82) is 0 Å². The summed E-state index contributed by atoms with van der Waals surface area (Å²) in [5.41, 5.74) is 1.67. The van der Waals surface area contributed by atoms with E-state index in [0.29, 0.717) is 11.5 Å². The number of ketones is 1. The van der Waals surface area contributed by atoms with Crippen molar-refractivity contribution in [2.45, 2.75) is 92.0 Å². The Morgan fingerprint density at radius 1 is 1.00 bits per heavy atom. The molecule has 0 heterocycles. The Labute approximate surface area is 198 Å². The number of hydrogen-bond acceptors (Lipinski definition) is 4. The topological polar surface area (TPSA) is 66.7 Å². The maximum absolute atomic E-state index is 12.6. The van der Waals surface area contributed by atoms with Crippen LogP contribution < -0.4 is 0 Å². The summed E-state index contributed by atoms with van der Waals surface area (Å²) in [5, 5.41) is 10.2. The Bertz CT molecular complexity index is 1040. The van der Waals surface area contributed by atoms with E-state index in [9.17, 15) is 14.7 Å². The van der Waals surface area contributed by atoms with Crippen molar-refractivity contribution in [1.82, 2.24) is 0 Å². The molecule has 0 spiro atoms. The van der Waals surface area contributed by atoms with Crippen LogP contribution in [0, 0.1) is 27.6 Å². The molecule has 0 aromatic carbocycles. The lowest BCUT2D eigenvalue weighted by atomic mass is 9.36. The van der Waals surface area contributed by atoms with E-state index in [1.54, 1.807) is 13.0 Å². The predicted octanol–water partition coefficient (Wildman–Crippen LogP) is 6.95. The Hall–Kier alpha value is -2.19. The van der Waals surface area contributed by atoms with Gasteiger partial charge in [-0.2, -0.15) is 4.99 Å². The highest BCUT2D eigenvalue weighted by Gasteiger charge is 2.65. The molecule has 4 rings (SSSR count). The van der Waals surface area contributed by atoms with Gasteiger partial charge >= 0.3 is 0 Å². The van der Waals surface area contributed by atoms with Gasteiger partial charge in [-0.25, -0.2) is 4.79 Å². The van der Waals surface area contributed by atoms with Gasteiger partial charge in [0.2, 0.25) is 11.9 Å². The van der Waals surface area contributed by atoms with E-state index in [4.69, 9.17) is 0 Å². The summed E-state index contributed by atoms with van der Waals surface area (Å²) in [6, 6.07) is 0. The van der Waals surface area contributed by atoms with E-state index < -0.39 is 0 Å². The first-order valence-electron chi connectivity index (χ1n) is 12.4. The minimum absolute atomic E-state index is 0.0378. The summed E-state index contributed by atoms with van der Waals surface area (Å²) >= 11 is 0. The summed E-state index contributed by atoms with van der Waals surface area (Å²) in [4.78, 5) is 28.1. The molecule has 178 valence electrons. The van der Waals surface area contributed by atoms with E-state index in [1.807, 2.05) is 24.3 Å². The van der Waals surface area contributed by atoms with Crippen molar-refractivity contribution in [3.05, 3.63) is 47.3 Å². The predicted molar refractivity (Wildman–Crippen MR) is 131 cm³/mol. The molecule has 0 radical (unpaired) electrons. The molecule has 4 aliphatic carbocycles. The van der Waals surface area contributed by atoms with Crippen molar-refractivity contribution in [3.63, 3.8) is 0 Å². The van der Waals surface area contributed by atoms with Gasteiger partial charge in [0.05, 0.1) is 5.54 Å². The number of carbonyl (C=O) groups excluding carboxylic acids is 2. The fourth-order valence-corrected chi connectivity index (χ4v) is 7.85. The first-order chi connectivity index (χ1) is 15.3. The molecule has 3 saturated carbocycles. The second-order valence-corrected chi connectivity index (χ2v) is 12.4. The molecule has 1 N–H and O–H groups in total. The van der Waals surface area contributed by atoms with Gasteiger partial charge in [0.25, 0.3) is 0 Å². The molecule has 0 saturated heterocycles. The number of isocyanates is 1. The van der Waals surface area contributed by atoms with Crippen LogP contribution in [0.3, 0.4) is 0 Å². The third-order valence-corrected chi connectivity index (χ3v) is 10.5. The Morgan fingerprint density at radius 2 is 1.70 bits per heavy atom. The zero-order chi connectivity index (χ0) is 24.3. The molecule has 4 aliphatic rings. The summed E-state index contributed by atoms with van der Waals surface area (Å²) < 4.78 is 0. The third kappa shape index (κ3) is 3.53. The lowest BCUT2D eigenvalue weighted by Crippen LogP contribution is -2.61. The molecule has 6 atom stereocenters. The Morgan fingerprint density at radius 3 is 2.39 bits per heavy atom. The summed E-state index contributed by atoms with van der Waals surface area (Å²) in [6.07, 6.45) is 18.8. The Kier molecular flexibility index (Phi) is 5.56. The van der Waals surface area contributed by atoms with Crippen LogP contribution in [0.5, 0.6) is 0 Å². The van der Waals surface area contributed by atoms with E-state index in [0.717, 1.165) is 44.9 Å². The molecule has 0 bridgehead atoms. The Balaban J connectivity index is 1.85. The normalized spacial score (nSPS) is 47.9. The highest BCUT2D eigenvalue weighted by atomic mass is 16.3. The maximum atomic E-state index is 12.6. The third-order valence-electron chi connectivity index (χ3n) is 10.5. The summed E-state index contributed by atoms with van der Waals surface area (Å²) in [7, 11) is 0. The molecule has 0 unspecified atom stereocenters. The van der Waals surface area contributed by atoms with Crippen molar-refractivity contribution < 1.29 is 14.7 Å². The number of rotatable bonds is 1. The SMILES string of the molecule is CC1=C(O)C(=O)/C=C/[C@]2(C)CC[C@@]3(C)[C@@H]4C[C@](C)(N=C=O)CC[C@]4(C)CC[C@]3(C)/C2=C\C=C1. The fraction of sp³-hybridized carbons (Fsp3) is 0.655. The second kappa shape index (κ2) is 7.67. The monoisotopic (exact) mass is 449 g/mol. The van der Waals surface area contributed by atoms with Gasteiger partial charge in [0, 0.05) is 5.41 Å². The number of carbonyl (C=O) groups is 1. The van der Waals surface area contributed by atoms with E-state index >= 15 is 0 Å². The fourth-order valence-electron chi connectivity index (χ4n) is 7.85. The van der Waals surface area contributed by atoms with Gasteiger partial charge < -0.3 is 5.11 Å². The summed E-state index contributed by atoms with van der Waals surface area (Å²) in [6.45, 7) is 13.5. The van der Waals surface area contributed by atoms with Crippen molar-refractivity contribution in [2.24, 2.45) is 32.6 Å². The van der Waals surface area contributed by atoms with Crippen LogP contribution in [0.1, 0.15) is 86.5 Å². The lowest BCUT2D eigenvalue weighted by Gasteiger charge is -2.69. The average molecular weight is 450 g/mol. The number of nitrogens with zero attached hydrogens (tertiary/aromatic N) is 1. The summed E-state index contributed by atoms with van der Waals surface area (Å²) in [5.74, 6) is -0.0507. The standard InChI is InChI=1S/C29H39NO3/c1-20-8-7-9-22-25(2,11-10-21(32)24(20)33)13-17-29(6)23-18-27(4,30-19-31)15-12-26(23,3)14-16-28(22,29)5/h7-11,23,33H,12-18H2,1-6H3/b8-7?,11-10+,22-9-,24-20?/t23-,25-,26-,27-,28-,29+/m1/s1. The molecule has 4 nitrogen and oxygen atoms in total. The molecule has 0 amide bonds. The number of fused-ring (bicyclic) bond motifs is 5. The highest BCUT2D eigenvalue weighted by Crippen LogP contribution is 2.73. The van der Waals surface area contributed by atoms with Gasteiger partial charge in [-0.15, -0.1) is 0 Å². The quantitative estimate of drug-likeness (QED) is 0.348. The van der Waals surface area contributed by atoms with Gasteiger partial charge in [0.1, 0.15) is 0 Å². The number of hydrogen-bond donors (Lipinski definition) is 1. The molecule has 0 aliphatic heterocycles. The minimum Gasteiger partial charge on any atom is -0.504 e. The molecule has 3 fully saturated rings. The van der Waals surface area contributed by atoms with Gasteiger partial charge in [0.15, 0.2) is 5.76 Å². The highest BCUT2D eigenvalue weighted by molar-refractivity contribution is 6.02. The van der Waals surface area contributed by atoms with Gasteiger partial charge in [-0.3, -0.25) is 4.79 Å². The van der Waals surface area contributed by atoms with E-state index in [2.05, 4.69) is 45.7 Å². The van der Waals surface area contributed by atoms with Gasteiger partial charge in [-0.1, -0.05) is 57.6 Å². The van der Waals surface area contributed by atoms with Crippen molar-refractivity contribution in [3.8, 4) is 0 Å². The van der Waals surface area contributed by atoms with Crippen LogP contribution in [0.2, 0.25) is 0 Å². The number of aliphatic hydroxyl groups is 1. The molecule has 4 heteroatoms. The number of allylic oxidation sites excluding steroid dienone is 7. The number of aliphatic hydroxyl groups excluding tert-OH is 1. The molecular weight excluding hydrogens is 410 g/mol. The maximum Gasteiger partial charge on any atom is 0.235 e. The van der Waals surface area contributed by atoms with Crippen LogP contribution in [-0.4, -0.2) is 22.5 Å². The minimum atomic E-state index is -0.330. The average Bonchev–Trinajstić information content (AvgIpc) is 2.76. The first kappa shape index (κ1) is 24.0. The van der Waals surface area contributed by atoms with Crippen molar-refractivity contribution in [2.75, 3.05) is 0 Å². The second-order valence-electron chi connectivity index (χ2n) is 12.4. The zero-order valence-electron chi connectivity index (χ0n) is 21.1. The molecule has 0 aromatic rings. The van der Waals surface area contributed by atoms with Gasteiger partial charge in [-0.05, 0) is 92.6 Å². The van der Waals surface area contributed by atoms with Crippen LogP contribution in [0.15, 0.2) is 52.3 Å². The molecular formula is C29H39NO3. The van der Waals surface area contributed by atoms with Crippen molar-refractivity contribution >= 4 is 11.9 Å². The first-order valence-corrected chi connectivity index (χ1v) is 12.4. The van der Waals surface area contributed by atoms with Crippen LogP contribution in [0.4, 0.5) is 0 Å². The lowest BCUT2D eigenvalue weighted by molar-refractivity contribution is -0.149. The molecule has 33 heavy (non-hydrogen) atoms.